The van der Waals surface area contributed by atoms with Crippen molar-refractivity contribution in [3.05, 3.63) is 35.4 Å². The number of hydrogen-bond acceptors (Lipinski definition) is 1. The van der Waals surface area contributed by atoms with Gasteiger partial charge in [0, 0.05) is 19.6 Å². The predicted molar refractivity (Wildman–Crippen MR) is 92.4 cm³/mol. The number of hydrogen-bond donors (Lipinski definition) is 2. The third-order valence-electron chi connectivity index (χ3n) is 3.66. The molecule has 3 nitrogen and oxygen atoms in total. The van der Waals surface area contributed by atoms with Crippen LogP contribution in [0.2, 0.25) is 0 Å². The van der Waals surface area contributed by atoms with Crippen molar-refractivity contribution in [1.29, 1.82) is 0 Å². The minimum atomic E-state index is -4.29. The molecule has 0 radical (unpaired) electrons. The Labute approximate surface area is 145 Å². The summed E-state index contributed by atoms with van der Waals surface area (Å²) in [6.07, 6.45) is 0.453. The maximum absolute atomic E-state index is 12.5. The van der Waals surface area contributed by atoms with Gasteiger partial charge in [-0.2, -0.15) is 13.2 Å². The fraction of sp³-hybridized carbons (Fsp3) is 0.533. The lowest BCUT2D eigenvalue weighted by atomic mass is 10.1. The third kappa shape index (κ3) is 5.66. The van der Waals surface area contributed by atoms with E-state index < -0.39 is 11.7 Å². The first-order chi connectivity index (χ1) is 9.99. The number of nitrogens with one attached hydrogen (secondary N) is 2. The Morgan fingerprint density at radius 1 is 1.18 bits per heavy atom. The van der Waals surface area contributed by atoms with Gasteiger partial charge >= 0.3 is 6.18 Å². The molecule has 0 heterocycles. The standard InChI is InChI=1S/C15H20F3N3.HI/c1-19-14(21-13-4-2-3-5-13)20-10-11-6-8-12(9-7-11)15(16,17)18;/h6-9,13H,2-5,10H2,1H3,(H2,19,20,21);1H. The summed E-state index contributed by atoms with van der Waals surface area (Å²) < 4.78 is 37.4. The van der Waals surface area contributed by atoms with Gasteiger partial charge in [0.2, 0.25) is 0 Å². The van der Waals surface area contributed by atoms with Gasteiger partial charge in [-0.25, -0.2) is 0 Å². The Balaban J connectivity index is 0.00000242. The molecular formula is C15H21F3IN3. The SMILES string of the molecule is CN=C(NCc1ccc(C(F)(F)F)cc1)NC1CCCC1.I. The van der Waals surface area contributed by atoms with Crippen molar-refractivity contribution in [2.75, 3.05) is 7.05 Å². The number of nitrogens with zero attached hydrogens (tertiary/aromatic N) is 1. The second-order valence-electron chi connectivity index (χ2n) is 5.25. The van der Waals surface area contributed by atoms with Crippen LogP contribution in [0.25, 0.3) is 0 Å². The maximum atomic E-state index is 12.5. The molecule has 0 bridgehead atoms. The van der Waals surface area contributed by atoms with Crippen LogP contribution < -0.4 is 10.6 Å². The fourth-order valence-corrected chi connectivity index (χ4v) is 2.46. The van der Waals surface area contributed by atoms with E-state index >= 15 is 0 Å². The molecule has 0 spiro atoms. The van der Waals surface area contributed by atoms with Crippen LogP contribution in [0.3, 0.4) is 0 Å². The van der Waals surface area contributed by atoms with Crippen molar-refractivity contribution in [2.45, 2.75) is 44.4 Å². The van der Waals surface area contributed by atoms with Crippen molar-refractivity contribution in [3.63, 3.8) is 0 Å². The van der Waals surface area contributed by atoms with Crippen LogP contribution in [-0.4, -0.2) is 19.0 Å². The molecule has 0 unspecified atom stereocenters. The first-order valence-corrected chi connectivity index (χ1v) is 7.12. The van der Waals surface area contributed by atoms with E-state index in [1.54, 1.807) is 7.05 Å². The molecule has 2 rings (SSSR count). The first kappa shape index (κ1) is 19.1. The predicted octanol–water partition coefficient (Wildman–Crippen LogP) is 3.93. The Hall–Kier alpha value is -0.990. The molecular weight excluding hydrogens is 406 g/mol. The molecule has 0 aromatic heterocycles. The molecule has 0 amide bonds. The van der Waals surface area contributed by atoms with E-state index in [9.17, 15) is 13.2 Å². The summed E-state index contributed by atoms with van der Waals surface area (Å²) in [6, 6.07) is 5.62. The minimum absolute atomic E-state index is 0. The van der Waals surface area contributed by atoms with Crippen LogP contribution in [0, 0.1) is 0 Å². The van der Waals surface area contributed by atoms with Crippen molar-refractivity contribution in [1.82, 2.24) is 10.6 Å². The molecule has 1 saturated carbocycles. The van der Waals surface area contributed by atoms with Crippen molar-refractivity contribution >= 4 is 29.9 Å². The molecule has 1 aliphatic carbocycles. The van der Waals surface area contributed by atoms with Gasteiger partial charge in [0.25, 0.3) is 0 Å². The van der Waals surface area contributed by atoms with Crippen molar-refractivity contribution < 1.29 is 13.2 Å². The van der Waals surface area contributed by atoms with Crippen LogP contribution in [0.15, 0.2) is 29.3 Å². The molecule has 0 atom stereocenters. The molecule has 0 saturated heterocycles. The Morgan fingerprint density at radius 2 is 1.77 bits per heavy atom. The topological polar surface area (TPSA) is 36.4 Å². The zero-order chi connectivity index (χ0) is 15.3. The van der Waals surface area contributed by atoms with Crippen molar-refractivity contribution in [2.24, 2.45) is 4.99 Å². The largest absolute Gasteiger partial charge is 0.416 e. The Bertz CT molecular complexity index is 480. The summed E-state index contributed by atoms with van der Waals surface area (Å²) in [7, 11) is 1.69. The normalized spacial score (nSPS) is 16.3. The van der Waals surface area contributed by atoms with Gasteiger partial charge in [0.1, 0.15) is 0 Å². The number of rotatable bonds is 3. The highest BCUT2D eigenvalue weighted by molar-refractivity contribution is 14.0. The maximum Gasteiger partial charge on any atom is 0.416 e. The summed E-state index contributed by atoms with van der Waals surface area (Å²) in [6.45, 7) is 0.449. The van der Waals surface area contributed by atoms with Gasteiger partial charge in [-0.05, 0) is 30.5 Å². The fourth-order valence-electron chi connectivity index (χ4n) is 2.46. The number of aliphatic imine (C=N–C) groups is 1. The molecule has 1 aromatic rings. The summed E-state index contributed by atoms with van der Waals surface area (Å²) in [5.74, 6) is 0.696. The summed E-state index contributed by atoms with van der Waals surface area (Å²) in [4.78, 5) is 4.14. The van der Waals surface area contributed by atoms with Crippen LogP contribution in [-0.2, 0) is 12.7 Å². The highest BCUT2D eigenvalue weighted by Gasteiger charge is 2.29. The Kier molecular flexibility index (Phi) is 7.44. The molecule has 0 aliphatic heterocycles. The first-order valence-electron chi connectivity index (χ1n) is 7.12. The van der Waals surface area contributed by atoms with Crippen LogP contribution in [0.4, 0.5) is 13.2 Å². The van der Waals surface area contributed by atoms with E-state index in [1.165, 1.54) is 25.0 Å². The number of halogens is 4. The zero-order valence-corrected chi connectivity index (χ0v) is 14.7. The van der Waals surface area contributed by atoms with Crippen LogP contribution in [0.5, 0.6) is 0 Å². The average molecular weight is 427 g/mol. The van der Waals surface area contributed by atoms with Gasteiger partial charge in [0.05, 0.1) is 5.56 Å². The second-order valence-corrected chi connectivity index (χ2v) is 5.25. The van der Waals surface area contributed by atoms with Crippen LogP contribution in [0.1, 0.15) is 36.8 Å². The molecule has 7 heteroatoms. The smallest absolute Gasteiger partial charge is 0.354 e. The molecule has 124 valence electrons. The van der Waals surface area contributed by atoms with Crippen LogP contribution >= 0.6 is 24.0 Å². The van der Waals surface area contributed by atoms with E-state index in [1.807, 2.05) is 0 Å². The second kappa shape index (κ2) is 8.59. The van der Waals surface area contributed by atoms with Gasteiger partial charge in [-0.1, -0.05) is 25.0 Å². The summed E-state index contributed by atoms with van der Waals surface area (Å²) >= 11 is 0. The monoisotopic (exact) mass is 427 g/mol. The zero-order valence-electron chi connectivity index (χ0n) is 12.4. The average Bonchev–Trinajstić information content (AvgIpc) is 2.96. The van der Waals surface area contributed by atoms with Gasteiger partial charge in [-0.3, -0.25) is 4.99 Å². The summed E-state index contributed by atoms with van der Waals surface area (Å²) in [5, 5.41) is 6.46. The number of alkyl halides is 3. The quantitative estimate of drug-likeness (QED) is 0.436. The van der Waals surface area contributed by atoms with E-state index in [0.29, 0.717) is 18.5 Å². The molecule has 22 heavy (non-hydrogen) atoms. The van der Waals surface area contributed by atoms with E-state index in [2.05, 4.69) is 15.6 Å². The van der Waals surface area contributed by atoms with Gasteiger partial charge < -0.3 is 10.6 Å². The lowest BCUT2D eigenvalue weighted by molar-refractivity contribution is -0.137. The highest BCUT2D eigenvalue weighted by atomic mass is 127. The lowest BCUT2D eigenvalue weighted by Crippen LogP contribution is -2.41. The van der Waals surface area contributed by atoms with E-state index in [4.69, 9.17) is 0 Å². The lowest BCUT2D eigenvalue weighted by Gasteiger charge is -2.17. The molecule has 1 fully saturated rings. The summed E-state index contributed by atoms with van der Waals surface area (Å²) in [5.41, 5.74) is 0.164. The van der Waals surface area contributed by atoms with Gasteiger partial charge in [-0.15, -0.1) is 24.0 Å². The molecule has 1 aromatic carbocycles. The minimum Gasteiger partial charge on any atom is -0.354 e. The highest BCUT2D eigenvalue weighted by Crippen LogP contribution is 2.29. The number of benzene rings is 1. The molecule has 2 N–H and O–H groups in total. The van der Waals surface area contributed by atoms with E-state index in [-0.39, 0.29) is 24.0 Å². The molecule has 1 aliphatic rings. The number of guanidine groups is 1. The Morgan fingerprint density at radius 3 is 2.27 bits per heavy atom. The third-order valence-corrected chi connectivity index (χ3v) is 3.66. The van der Waals surface area contributed by atoms with Gasteiger partial charge in [0.15, 0.2) is 5.96 Å². The van der Waals surface area contributed by atoms with Crippen molar-refractivity contribution in [3.8, 4) is 0 Å². The van der Waals surface area contributed by atoms with E-state index in [0.717, 1.165) is 30.5 Å².